The molecular formula is C19H21IO. The van der Waals surface area contributed by atoms with Crippen LogP contribution in [-0.2, 0) is 0 Å². The summed E-state index contributed by atoms with van der Waals surface area (Å²) < 4.78 is 1.13. The SMILES string of the molecule is CCCCC(O)/C(=C(\I)c1ccccc1)c1ccccc1. The van der Waals surface area contributed by atoms with E-state index in [4.69, 9.17) is 0 Å². The van der Waals surface area contributed by atoms with Crippen LogP contribution in [0, 0.1) is 0 Å². The van der Waals surface area contributed by atoms with Gasteiger partial charge >= 0.3 is 0 Å². The lowest BCUT2D eigenvalue weighted by atomic mass is 9.95. The predicted octanol–water partition coefficient (Wildman–Crippen LogP) is 5.54. The van der Waals surface area contributed by atoms with Crippen molar-refractivity contribution in [2.24, 2.45) is 0 Å². The van der Waals surface area contributed by atoms with Crippen LogP contribution in [0.1, 0.15) is 37.3 Å². The molecule has 0 aromatic heterocycles. The molecule has 1 nitrogen and oxygen atoms in total. The Labute approximate surface area is 140 Å². The first-order valence-corrected chi connectivity index (χ1v) is 8.50. The van der Waals surface area contributed by atoms with Gasteiger partial charge in [0.2, 0.25) is 0 Å². The molecule has 0 fully saturated rings. The Morgan fingerprint density at radius 1 is 0.952 bits per heavy atom. The van der Waals surface area contributed by atoms with Gasteiger partial charge in [0.1, 0.15) is 0 Å². The molecule has 2 aromatic carbocycles. The summed E-state index contributed by atoms with van der Waals surface area (Å²) in [5.41, 5.74) is 3.30. The largest absolute Gasteiger partial charge is 0.388 e. The third-order valence-electron chi connectivity index (χ3n) is 3.51. The van der Waals surface area contributed by atoms with E-state index in [1.807, 2.05) is 36.4 Å². The molecule has 1 atom stereocenters. The van der Waals surface area contributed by atoms with Crippen LogP contribution in [-0.4, -0.2) is 11.2 Å². The number of halogens is 1. The summed E-state index contributed by atoms with van der Waals surface area (Å²) in [7, 11) is 0. The fourth-order valence-electron chi connectivity index (χ4n) is 2.36. The fourth-order valence-corrected chi connectivity index (χ4v) is 3.40. The molecule has 21 heavy (non-hydrogen) atoms. The van der Waals surface area contributed by atoms with Crippen molar-refractivity contribution in [2.45, 2.75) is 32.3 Å². The first-order valence-electron chi connectivity index (χ1n) is 7.42. The molecule has 2 aromatic rings. The minimum absolute atomic E-state index is 0.417. The topological polar surface area (TPSA) is 20.2 Å². The van der Waals surface area contributed by atoms with E-state index < -0.39 is 6.10 Å². The number of hydrogen-bond donors (Lipinski definition) is 1. The standard InChI is InChI=1S/C19H21IO/c1-2-3-14-17(21)18(15-10-6-4-7-11-15)19(20)16-12-8-5-9-13-16/h4-13,17,21H,2-3,14H2,1H3/b19-18-. The van der Waals surface area contributed by atoms with E-state index in [0.717, 1.165) is 39.5 Å². The summed E-state index contributed by atoms with van der Waals surface area (Å²) in [6.45, 7) is 2.15. The Morgan fingerprint density at radius 2 is 1.48 bits per heavy atom. The molecule has 2 rings (SSSR count). The second-order valence-corrected chi connectivity index (χ2v) is 6.20. The highest BCUT2D eigenvalue weighted by molar-refractivity contribution is 14.1. The van der Waals surface area contributed by atoms with Gasteiger partial charge in [-0.05, 0) is 40.1 Å². The average Bonchev–Trinajstić information content (AvgIpc) is 2.55. The van der Waals surface area contributed by atoms with Gasteiger partial charge in [0.05, 0.1) is 6.10 Å². The van der Waals surface area contributed by atoms with Crippen molar-refractivity contribution < 1.29 is 5.11 Å². The van der Waals surface area contributed by atoms with Gasteiger partial charge in [-0.3, -0.25) is 0 Å². The van der Waals surface area contributed by atoms with E-state index in [1.165, 1.54) is 0 Å². The third kappa shape index (κ3) is 4.42. The molecule has 0 saturated heterocycles. The Kier molecular flexibility index (Phi) is 6.46. The molecule has 1 N–H and O–H groups in total. The van der Waals surface area contributed by atoms with Crippen molar-refractivity contribution in [3.05, 3.63) is 71.8 Å². The van der Waals surface area contributed by atoms with Gasteiger partial charge in [-0.15, -0.1) is 0 Å². The molecule has 0 aliphatic heterocycles. The van der Waals surface area contributed by atoms with Gasteiger partial charge in [-0.2, -0.15) is 0 Å². The highest BCUT2D eigenvalue weighted by atomic mass is 127. The highest BCUT2D eigenvalue weighted by Gasteiger charge is 2.17. The van der Waals surface area contributed by atoms with E-state index in [1.54, 1.807) is 0 Å². The fraction of sp³-hybridized carbons (Fsp3) is 0.263. The van der Waals surface area contributed by atoms with E-state index in [-0.39, 0.29) is 0 Å². The van der Waals surface area contributed by atoms with Crippen molar-refractivity contribution in [2.75, 3.05) is 0 Å². The molecule has 0 radical (unpaired) electrons. The molecular weight excluding hydrogens is 371 g/mol. The second-order valence-electron chi connectivity index (χ2n) is 5.12. The quantitative estimate of drug-likeness (QED) is 0.506. The number of hydrogen-bond acceptors (Lipinski definition) is 1. The average molecular weight is 392 g/mol. The van der Waals surface area contributed by atoms with Crippen LogP contribution in [0.2, 0.25) is 0 Å². The zero-order chi connectivity index (χ0) is 15.1. The van der Waals surface area contributed by atoms with Crippen LogP contribution in [0.4, 0.5) is 0 Å². The molecule has 0 aliphatic rings. The van der Waals surface area contributed by atoms with Crippen molar-refractivity contribution >= 4 is 31.7 Å². The van der Waals surface area contributed by atoms with Crippen molar-refractivity contribution in [3.63, 3.8) is 0 Å². The molecule has 0 amide bonds. The minimum Gasteiger partial charge on any atom is -0.388 e. The maximum absolute atomic E-state index is 10.7. The first-order chi connectivity index (χ1) is 10.2. The van der Waals surface area contributed by atoms with E-state index >= 15 is 0 Å². The molecule has 0 saturated carbocycles. The van der Waals surface area contributed by atoms with Crippen LogP contribution >= 0.6 is 22.6 Å². The second kappa shape index (κ2) is 8.35. The Morgan fingerprint density at radius 3 is 2.00 bits per heavy atom. The summed E-state index contributed by atoms with van der Waals surface area (Å²) in [6.07, 6.45) is 2.52. The van der Waals surface area contributed by atoms with Gasteiger partial charge in [0.25, 0.3) is 0 Å². The third-order valence-corrected chi connectivity index (χ3v) is 4.72. The molecule has 0 spiro atoms. The maximum Gasteiger partial charge on any atom is 0.0806 e. The lowest BCUT2D eigenvalue weighted by Crippen LogP contribution is -2.10. The summed E-state index contributed by atoms with van der Waals surface area (Å²) in [4.78, 5) is 0. The van der Waals surface area contributed by atoms with Crippen LogP contribution in [0.25, 0.3) is 9.15 Å². The Bertz CT molecular complexity index is 575. The van der Waals surface area contributed by atoms with Crippen LogP contribution in [0.15, 0.2) is 60.7 Å². The van der Waals surface area contributed by atoms with Crippen LogP contribution in [0.3, 0.4) is 0 Å². The Balaban J connectivity index is 2.45. The zero-order valence-corrected chi connectivity index (χ0v) is 14.5. The number of aliphatic hydroxyl groups is 1. The van der Waals surface area contributed by atoms with Crippen molar-refractivity contribution in [1.82, 2.24) is 0 Å². The Hall–Kier alpha value is -1.13. The number of aliphatic hydroxyl groups excluding tert-OH is 1. The van der Waals surface area contributed by atoms with E-state index in [9.17, 15) is 5.11 Å². The smallest absolute Gasteiger partial charge is 0.0806 e. The first kappa shape index (κ1) is 16.2. The predicted molar refractivity (Wildman–Crippen MR) is 99.2 cm³/mol. The normalized spacial score (nSPS) is 13.7. The molecule has 2 heteroatoms. The highest BCUT2D eigenvalue weighted by Crippen LogP contribution is 2.35. The molecule has 0 aliphatic carbocycles. The summed E-state index contributed by atoms with van der Waals surface area (Å²) in [5, 5.41) is 10.7. The lowest BCUT2D eigenvalue weighted by molar-refractivity contribution is 0.219. The summed E-state index contributed by atoms with van der Waals surface area (Å²) in [5.74, 6) is 0. The minimum atomic E-state index is -0.417. The van der Waals surface area contributed by atoms with Crippen molar-refractivity contribution in [1.29, 1.82) is 0 Å². The summed E-state index contributed by atoms with van der Waals surface area (Å²) in [6, 6.07) is 20.5. The number of rotatable bonds is 6. The summed E-state index contributed by atoms with van der Waals surface area (Å²) >= 11 is 2.36. The van der Waals surface area contributed by atoms with Gasteiger partial charge in [-0.1, -0.05) is 80.4 Å². The number of unbranched alkanes of at least 4 members (excludes halogenated alkanes) is 1. The molecule has 1 unspecified atom stereocenters. The van der Waals surface area contributed by atoms with Crippen LogP contribution in [0.5, 0.6) is 0 Å². The number of benzene rings is 2. The van der Waals surface area contributed by atoms with Gasteiger partial charge in [0.15, 0.2) is 0 Å². The van der Waals surface area contributed by atoms with Gasteiger partial charge in [0, 0.05) is 9.15 Å². The van der Waals surface area contributed by atoms with Gasteiger partial charge < -0.3 is 5.11 Å². The maximum atomic E-state index is 10.7. The van der Waals surface area contributed by atoms with E-state index in [2.05, 4.69) is 53.8 Å². The molecule has 0 heterocycles. The monoisotopic (exact) mass is 392 g/mol. The van der Waals surface area contributed by atoms with Gasteiger partial charge in [-0.25, -0.2) is 0 Å². The van der Waals surface area contributed by atoms with Crippen molar-refractivity contribution in [3.8, 4) is 0 Å². The van der Waals surface area contributed by atoms with Crippen LogP contribution < -0.4 is 0 Å². The zero-order valence-electron chi connectivity index (χ0n) is 12.3. The van der Waals surface area contributed by atoms with E-state index in [0.29, 0.717) is 0 Å². The molecule has 110 valence electrons. The molecule has 0 bridgehead atoms. The lowest BCUT2D eigenvalue weighted by Gasteiger charge is -2.18.